The van der Waals surface area contributed by atoms with Crippen molar-refractivity contribution >= 4 is 80.9 Å². The number of fused-ring (bicyclic) bond motifs is 1. The number of amides is 3. The van der Waals surface area contributed by atoms with Gasteiger partial charge >= 0.3 is 12.1 Å². The second-order valence-electron chi connectivity index (χ2n) is 10.5. The molecule has 0 aliphatic carbocycles. The third kappa shape index (κ3) is 8.66. The Labute approximate surface area is 268 Å². The molecule has 2 aromatic carbocycles. The highest BCUT2D eigenvalue weighted by atomic mass is 35.5. The Balaban J connectivity index is 1.43. The maximum atomic E-state index is 13.0. The lowest BCUT2D eigenvalue weighted by molar-refractivity contribution is -0.113. The van der Waals surface area contributed by atoms with Crippen molar-refractivity contribution in [1.82, 2.24) is 4.90 Å². The van der Waals surface area contributed by atoms with Crippen molar-refractivity contribution in [3.8, 4) is 0 Å². The summed E-state index contributed by atoms with van der Waals surface area (Å²) >= 11 is 14.6. The second-order valence-corrected chi connectivity index (χ2v) is 13.5. The standard InChI is InChI=1S/C30H31Cl2N3O6S2/c1-5-40-28(38)25-21-11-12-35(29(39)41-30(2,3)4)15-23(21)43-27(25)34-24(36)16-42-19-8-6-7-18(14-19)33-26(37)20-10-9-17(31)13-22(20)32/h6-10,13-14H,5,11-12,15-16H2,1-4H3,(H,33,37)(H,34,36). The van der Waals surface area contributed by atoms with Crippen LogP contribution in [-0.4, -0.2) is 53.3 Å². The minimum Gasteiger partial charge on any atom is -0.462 e. The minimum atomic E-state index is -0.630. The van der Waals surface area contributed by atoms with E-state index >= 15 is 0 Å². The van der Waals surface area contributed by atoms with Crippen LogP contribution in [0.25, 0.3) is 0 Å². The van der Waals surface area contributed by atoms with Gasteiger partial charge in [-0.2, -0.15) is 0 Å². The van der Waals surface area contributed by atoms with Gasteiger partial charge in [0.15, 0.2) is 0 Å². The van der Waals surface area contributed by atoms with Crippen molar-refractivity contribution in [2.75, 3.05) is 29.5 Å². The normalized spacial score (nSPS) is 12.7. The van der Waals surface area contributed by atoms with Gasteiger partial charge in [-0.3, -0.25) is 9.59 Å². The van der Waals surface area contributed by atoms with Crippen LogP contribution < -0.4 is 10.6 Å². The first-order chi connectivity index (χ1) is 20.3. The Hall–Kier alpha value is -3.25. The van der Waals surface area contributed by atoms with Gasteiger partial charge in [-0.05, 0) is 76.1 Å². The summed E-state index contributed by atoms with van der Waals surface area (Å²) in [5.41, 5.74) is 1.29. The summed E-state index contributed by atoms with van der Waals surface area (Å²) in [6.45, 7) is 7.97. The molecule has 2 heterocycles. The van der Waals surface area contributed by atoms with E-state index in [4.69, 9.17) is 32.7 Å². The highest BCUT2D eigenvalue weighted by Gasteiger charge is 2.32. The van der Waals surface area contributed by atoms with E-state index in [1.165, 1.54) is 29.2 Å². The van der Waals surface area contributed by atoms with E-state index in [2.05, 4.69) is 10.6 Å². The predicted molar refractivity (Wildman–Crippen MR) is 171 cm³/mol. The van der Waals surface area contributed by atoms with Crippen LogP contribution in [0.15, 0.2) is 47.4 Å². The van der Waals surface area contributed by atoms with Gasteiger partial charge < -0.3 is 25.0 Å². The molecule has 0 spiro atoms. The van der Waals surface area contributed by atoms with Crippen LogP contribution in [0.1, 0.15) is 58.9 Å². The number of hydrogen-bond donors (Lipinski definition) is 2. The zero-order valence-electron chi connectivity index (χ0n) is 24.0. The van der Waals surface area contributed by atoms with Gasteiger partial charge in [0.25, 0.3) is 5.91 Å². The van der Waals surface area contributed by atoms with E-state index in [-0.39, 0.29) is 41.3 Å². The third-order valence-electron chi connectivity index (χ3n) is 6.08. The molecule has 228 valence electrons. The Bertz CT molecular complexity index is 1550. The Morgan fingerprint density at radius 3 is 2.53 bits per heavy atom. The smallest absolute Gasteiger partial charge is 0.410 e. The van der Waals surface area contributed by atoms with Crippen molar-refractivity contribution in [2.24, 2.45) is 0 Å². The third-order valence-corrected chi connectivity index (χ3v) is 8.75. The topological polar surface area (TPSA) is 114 Å². The maximum Gasteiger partial charge on any atom is 0.410 e. The van der Waals surface area contributed by atoms with Gasteiger partial charge in [0.2, 0.25) is 5.91 Å². The van der Waals surface area contributed by atoms with E-state index in [9.17, 15) is 19.2 Å². The summed E-state index contributed by atoms with van der Waals surface area (Å²) in [4.78, 5) is 54.4. The molecule has 0 atom stereocenters. The molecule has 13 heteroatoms. The molecule has 9 nitrogen and oxygen atoms in total. The largest absolute Gasteiger partial charge is 0.462 e. The number of nitrogens with zero attached hydrogens (tertiary/aromatic N) is 1. The fraction of sp³-hybridized carbons (Fsp3) is 0.333. The average Bonchev–Trinajstić information content (AvgIpc) is 3.28. The van der Waals surface area contributed by atoms with E-state index in [0.717, 1.165) is 15.3 Å². The number of thiophene rings is 1. The number of hydrogen-bond acceptors (Lipinski definition) is 8. The molecule has 0 saturated heterocycles. The Kier molecular flexibility index (Phi) is 10.7. The van der Waals surface area contributed by atoms with Gasteiger partial charge in [0.05, 0.1) is 35.1 Å². The molecule has 3 amide bonds. The molecular formula is C30H31Cl2N3O6S2. The van der Waals surface area contributed by atoms with E-state index in [0.29, 0.717) is 34.2 Å². The number of nitrogens with one attached hydrogen (secondary N) is 2. The van der Waals surface area contributed by atoms with Crippen LogP contribution in [0.2, 0.25) is 10.0 Å². The highest BCUT2D eigenvalue weighted by molar-refractivity contribution is 8.00. The number of benzene rings is 2. The maximum absolute atomic E-state index is 13.0. The predicted octanol–water partition coefficient (Wildman–Crippen LogP) is 7.51. The summed E-state index contributed by atoms with van der Waals surface area (Å²) < 4.78 is 10.8. The Morgan fingerprint density at radius 2 is 1.84 bits per heavy atom. The van der Waals surface area contributed by atoms with Gasteiger partial charge in [-0.25, -0.2) is 9.59 Å². The fourth-order valence-electron chi connectivity index (χ4n) is 4.24. The van der Waals surface area contributed by atoms with E-state index in [1.807, 2.05) is 6.07 Å². The summed E-state index contributed by atoms with van der Waals surface area (Å²) in [6.07, 6.45) is 0.00440. The number of carbonyl (C=O) groups excluding carboxylic acids is 4. The van der Waals surface area contributed by atoms with Gasteiger partial charge in [-0.1, -0.05) is 29.3 Å². The summed E-state index contributed by atoms with van der Waals surface area (Å²) in [6, 6.07) is 11.7. The summed E-state index contributed by atoms with van der Waals surface area (Å²) in [5, 5.41) is 6.73. The molecule has 2 N–H and O–H groups in total. The molecule has 0 fully saturated rings. The second kappa shape index (κ2) is 14.0. The number of rotatable bonds is 8. The highest BCUT2D eigenvalue weighted by Crippen LogP contribution is 2.38. The molecule has 1 aliphatic rings. The molecule has 0 saturated carbocycles. The van der Waals surface area contributed by atoms with Crippen LogP contribution in [0, 0.1) is 0 Å². The molecule has 4 rings (SSSR count). The summed E-state index contributed by atoms with van der Waals surface area (Å²) in [5.74, 6) is -1.17. The molecule has 0 unspecified atom stereocenters. The van der Waals surface area contributed by atoms with Crippen LogP contribution in [0.5, 0.6) is 0 Å². The minimum absolute atomic E-state index is 0.0509. The zero-order chi connectivity index (χ0) is 31.3. The zero-order valence-corrected chi connectivity index (χ0v) is 27.2. The van der Waals surface area contributed by atoms with Crippen LogP contribution in [0.4, 0.5) is 15.5 Å². The van der Waals surface area contributed by atoms with Gasteiger partial charge in [0.1, 0.15) is 10.6 Å². The van der Waals surface area contributed by atoms with E-state index in [1.54, 1.807) is 62.9 Å². The van der Waals surface area contributed by atoms with Crippen molar-refractivity contribution in [3.63, 3.8) is 0 Å². The quantitative estimate of drug-likeness (QED) is 0.189. The Morgan fingerprint density at radius 1 is 1.07 bits per heavy atom. The lowest BCUT2D eigenvalue weighted by atomic mass is 10.0. The van der Waals surface area contributed by atoms with Crippen LogP contribution in [0.3, 0.4) is 0 Å². The first-order valence-electron chi connectivity index (χ1n) is 13.4. The number of ether oxygens (including phenoxy) is 2. The van der Waals surface area contributed by atoms with Gasteiger partial charge in [0, 0.05) is 27.0 Å². The summed E-state index contributed by atoms with van der Waals surface area (Å²) in [7, 11) is 0. The van der Waals surface area contributed by atoms with E-state index < -0.39 is 17.7 Å². The van der Waals surface area contributed by atoms with Gasteiger partial charge in [-0.15, -0.1) is 23.1 Å². The van der Waals surface area contributed by atoms with Crippen LogP contribution in [-0.2, 0) is 27.2 Å². The number of thioether (sulfide) groups is 1. The number of anilines is 2. The van der Waals surface area contributed by atoms with Crippen molar-refractivity contribution in [2.45, 2.75) is 51.2 Å². The molecule has 0 radical (unpaired) electrons. The average molecular weight is 665 g/mol. The lowest BCUT2D eigenvalue weighted by Crippen LogP contribution is -2.39. The molecule has 1 aromatic heterocycles. The number of halogens is 2. The number of esters is 1. The van der Waals surface area contributed by atoms with Crippen molar-refractivity contribution in [1.29, 1.82) is 0 Å². The monoisotopic (exact) mass is 663 g/mol. The van der Waals surface area contributed by atoms with Crippen molar-refractivity contribution < 1.29 is 28.7 Å². The first-order valence-corrected chi connectivity index (χ1v) is 16.0. The molecule has 0 bridgehead atoms. The first kappa shape index (κ1) is 32.7. The molecule has 43 heavy (non-hydrogen) atoms. The van der Waals surface area contributed by atoms with Crippen molar-refractivity contribution in [3.05, 3.63) is 74.1 Å². The molecule has 1 aliphatic heterocycles. The number of carbonyl (C=O) groups is 4. The molecular weight excluding hydrogens is 633 g/mol. The fourth-order valence-corrected chi connectivity index (χ4v) is 6.76. The SMILES string of the molecule is CCOC(=O)c1c(NC(=O)CSc2cccc(NC(=O)c3ccc(Cl)cc3Cl)c2)sc2c1CCN(C(=O)OC(C)(C)C)C2. The lowest BCUT2D eigenvalue weighted by Gasteiger charge is -2.30. The molecule has 3 aromatic rings. The van der Waals surface area contributed by atoms with Crippen LogP contribution >= 0.6 is 46.3 Å².